The van der Waals surface area contributed by atoms with Crippen molar-refractivity contribution in [3.63, 3.8) is 0 Å². The van der Waals surface area contributed by atoms with Gasteiger partial charge in [0.1, 0.15) is 0 Å². The van der Waals surface area contributed by atoms with Gasteiger partial charge in [-0.25, -0.2) is 0 Å². The fraction of sp³-hybridized carbons (Fsp3) is 0.250. The highest BCUT2D eigenvalue weighted by atomic mass is 19.4. The van der Waals surface area contributed by atoms with E-state index in [1.54, 1.807) is 0 Å². The van der Waals surface area contributed by atoms with E-state index in [4.69, 9.17) is 10.5 Å². The average molecular weight is 295 g/mol. The number of hydrogen-bond acceptors (Lipinski definition) is 2. The minimum atomic E-state index is -4.33. The third-order valence-corrected chi connectivity index (χ3v) is 3.08. The highest BCUT2D eigenvalue weighted by molar-refractivity contribution is 5.26. The molecule has 0 saturated heterocycles. The molecule has 0 amide bonds. The van der Waals surface area contributed by atoms with Gasteiger partial charge in [0.25, 0.3) is 0 Å². The van der Waals surface area contributed by atoms with Crippen LogP contribution in [0, 0.1) is 0 Å². The standard InChI is InChI=1S/C16H16F3NO/c17-16(18,19)14-8-6-13(7-9-14)15(20)11-21-10-12-4-2-1-3-5-12/h1-9,15H,10-11,20H2. The maximum Gasteiger partial charge on any atom is 0.416 e. The van der Waals surface area contributed by atoms with Gasteiger partial charge in [-0.1, -0.05) is 42.5 Å². The van der Waals surface area contributed by atoms with Crippen molar-refractivity contribution < 1.29 is 17.9 Å². The van der Waals surface area contributed by atoms with Gasteiger partial charge in [0.15, 0.2) is 0 Å². The lowest BCUT2D eigenvalue weighted by Gasteiger charge is -2.14. The van der Waals surface area contributed by atoms with Crippen molar-refractivity contribution >= 4 is 0 Å². The van der Waals surface area contributed by atoms with E-state index < -0.39 is 17.8 Å². The summed E-state index contributed by atoms with van der Waals surface area (Å²) in [7, 11) is 0. The predicted octanol–water partition coefficient (Wildman–Crippen LogP) is 3.92. The van der Waals surface area contributed by atoms with Gasteiger partial charge in [0.2, 0.25) is 0 Å². The van der Waals surface area contributed by atoms with Crippen LogP contribution >= 0.6 is 0 Å². The van der Waals surface area contributed by atoms with Gasteiger partial charge in [-0.15, -0.1) is 0 Å². The number of ether oxygens (including phenoxy) is 1. The van der Waals surface area contributed by atoms with Crippen LogP contribution in [0.25, 0.3) is 0 Å². The van der Waals surface area contributed by atoms with Crippen molar-refractivity contribution in [2.75, 3.05) is 6.61 Å². The zero-order valence-electron chi connectivity index (χ0n) is 11.3. The van der Waals surface area contributed by atoms with Crippen molar-refractivity contribution in [1.29, 1.82) is 0 Å². The van der Waals surface area contributed by atoms with Crippen molar-refractivity contribution in [2.24, 2.45) is 5.73 Å². The second-order valence-electron chi connectivity index (χ2n) is 4.73. The van der Waals surface area contributed by atoms with Gasteiger partial charge >= 0.3 is 6.18 Å². The molecule has 21 heavy (non-hydrogen) atoms. The molecule has 1 unspecified atom stereocenters. The van der Waals surface area contributed by atoms with Crippen LogP contribution in [0.5, 0.6) is 0 Å². The predicted molar refractivity (Wildman–Crippen MR) is 74.5 cm³/mol. The van der Waals surface area contributed by atoms with E-state index in [1.165, 1.54) is 12.1 Å². The zero-order chi connectivity index (χ0) is 15.3. The fourth-order valence-corrected chi connectivity index (χ4v) is 1.89. The number of rotatable bonds is 5. The molecule has 1 atom stereocenters. The first kappa shape index (κ1) is 15.5. The molecule has 2 rings (SSSR count). The minimum Gasteiger partial charge on any atom is -0.375 e. The maximum absolute atomic E-state index is 12.5. The normalized spacial score (nSPS) is 13.1. The van der Waals surface area contributed by atoms with Crippen LogP contribution < -0.4 is 5.73 Å². The van der Waals surface area contributed by atoms with Crippen molar-refractivity contribution in [3.05, 3.63) is 71.3 Å². The molecule has 2 nitrogen and oxygen atoms in total. The van der Waals surface area contributed by atoms with E-state index >= 15 is 0 Å². The molecule has 0 radical (unpaired) electrons. The van der Waals surface area contributed by atoms with Crippen LogP contribution in [0.4, 0.5) is 13.2 Å². The van der Waals surface area contributed by atoms with E-state index in [0.29, 0.717) is 12.2 Å². The van der Waals surface area contributed by atoms with Crippen LogP contribution in [-0.4, -0.2) is 6.61 Å². The summed E-state index contributed by atoms with van der Waals surface area (Å²) < 4.78 is 42.9. The van der Waals surface area contributed by atoms with E-state index in [1.807, 2.05) is 30.3 Å². The lowest BCUT2D eigenvalue weighted by molar-refractivity contribution is -0.137. The molecule has 2 aromatic carbocycles. The SMILES string of the molecule is NC(COCc1ccccc1)c1ccc(C(F)(F)F)cc1. The van der Waals surface area contributed by atoms with Crippen LogP contribution in [-0.2, 0) is 17.5 Å². The Bertz CT molecular complexity index is 552. The summed E-state index contributed by atoms with van der Waals surface area (Å²) in [5, 5.41) is 0. The molecular weight excluding hydrogens is 279 g/mol. The number of hydrogen-bond donors (Lipinski definition) is 1. The van der Waals surface area contributed by atoms with Crippen LogP contribution in [0.2, 0.25) is 0 Å². The minimum absolute atomic E-state index is 0.250. The molecule has 0 aromatic heterocycles. The first-order chi connectivity index (χ1) is 9.97. The van der Waals surface area contributed by atoms with Crippen molar-refractivity contribution in [1.82, 2.24) is 0 Å². The highest BCUT2D eigenvalue weighted by Gasteiger charge is 2.30. The summed E-state index contributed by atoms with van der Waals surface area (Å²) in [6.45, 7) is 0.676. The first-order valence-electron chi connectivity index (χ1n) is 6.51. The lowest BCUT2D eigenvalue weighted by atomic mass is 10.1. The van der Waals surface area contributed by atoms with E-state index in [0.717, 1.165) is 17.7 Å². The van der Waals surface area contributed by atoms with Crippen molar-refractivity contribution in [3.8, 4) is 0 Å². The second kappa shape index (κ2) is 6.74. The Kier molecular flexibility index (Phi) is 4.98. The van der Waals surface area contributed by atoms with Crippen LogP contribution in [0.15, 0.2) is 54.6 Å². The smallest absolute Gasteiger partial charge is 0.375 e. The van der Waals surface area contributed by atoms with Gasteiger partial charge in [-0.3, -0.25) is 0 Å². The van der Waals surface area contributed by atoms with E-state index in [2.05, 4.69) is 0 Å². The Morgan fingerprint density at radius 2 is 1.57 bits per heavy atom. The van der Waals surface area contributed by atoms with E-state index in [-0.39, 0.29) is 6.61 Å². The molecule has 0 aliphatic heterocycles. The van der Waals surface area contributed by atoms with Crippen LogP contribution in [0.3, 0.4) is 0 Å². The molecule has 2 aromatic rings. The molecule has 112 valence electrons. The Morgan fingerprint density at radius 3 is 2.14 bits per heavy atom. The first-order valence-corrected chi connectivity index (χ1v) is 6.51. The molecule has 0 aliphatic carbocycles. The molecule has 5 heteroatoms. The number of benzene rings is 2. The molecule has 0 bridgehead atoms. The third kappa shape index (κ3) is 4.58. The van der Waals surface area contributed by atoms with Gasteiger partial charge in [-0.05, 0) is 23.3 Å². The summed E-state index contributed by atoms with van der Waals surface area (Å²) in [5.74, 6) is 0. The summed E-state index contributed by atoms with van der Waals surface area (Å²) in [6, 6.07) is 14.0. The largest absolute Gasteiger partial charge is 0.416 e. The van der Waals surface area contributed by atoms with Crippen LogP contribution in [0.1, 0.15) is 22.7 Å². The molecule has 0 spiro atoms. The number of alkyl halides is 3. The second-order valence-corrected chi connectivity index (χ2v) is 4.73. The number of halogens is 3. The molecular formula is C16H16F3NO. The molecule has 0 saturated carbocycles. The number of nitrogens with two attached hydrogens (primary N) is 1. The topological polar surface area (TPSA) is 35.2 Å². The van der Waals surface area contributed by atoms with Crippen molar-refractivity contribution in [2.45, 2.75) is 18.8 Å². The lowest BCUT2D eigenvalue weighted by Crippen LogP contribution is -2.17. The Balaban J connectivity index is 1.87. The average Bonchev–Trinajstić information content (AvgIpc) is 2.47. The summed E-state index contributed by atoms with van der Waals surface area (Å²) in [5.41, 5.74) is 6.88. The Morgan fingerprint density at radius 1 is 0.952 bits per heavy atom. The molecule has 0 aliphatic rings. The molecule has 2 N–H and O–H groups in total. The molecule has 0 heterocycles. The van der Waals surface area contributed by atoms with E-state index in [9.17, 15) is 13.2 Å². The Labute approximate surface area is 121 Å². The molecule has 0 fully saturated rings. The van der Waals surface area contributed by atoms with Gasteiger partial charge in [0, 0.05) is 0 Å². The zero-order valence-corrected chi connectivity index (χ0v) is 11.3. The maximum atomic E-state index is 12.5. The quantitative estimate of drug-likeness (QED) is 0.907. The summed E-state index contributed by atoms with van der Waals surface area (Å²) in [4.78, 5) is 0. The fourth-order valence-electron chi connectivity index (χ4n) is 1.89. The highest BCUT2D eigenvalue weighted by Crippen LogP contribution is 2.29. The van der Waals surface area contributed by atoms with Gasteiger partial charge in [-0.2, -0.15) is 13.2 Å². The summed E-state index contributed by atoms with van der Waals surface area (Å²) >= 11 is 0. The monoisotopic (exact) mass is 295 g/mol. The summed E-state index contributed by atoms with van der Waals surface area (Å²) in [6.07, 6.45) is -4.33. The van der Waals surface area contributed by atoms with Gasteiger partial charge in [0.05, 0.1) is 24.8 Å². The van der Waals surface area contributed by atoms with Gasteiger partial charge < -0.3 is 10.5 Å². The Hall–Kier alpha value is -1.85. The third-order valence-electron chi connectivity index (χ3n) is 3.08.